The van der Waals surface area contributed by atoms with E-state index in [1.807, 2.05) is 0 Å². The predicted molar refractivity (Wildman–Crippen MR) is 56.1 cm³/mol. The van der Waals surface area contributed by atoms with Gasteiger partial charge in [-0.2, -0.15) is 26.3 Å². The van der Waals surface area contributed by atoms with Crippen LogP contribution in [-0.4, -0.2) is 72.5 Å². The monoisotopic (exact) mass is 308 g/mol. The molecule has 1 aliphatic heterocycles. The van der Waals surface area contributed by atoms with Crippen molar-refractivity contribution in [2.45, 2.75) is 12.4 Å². The molecule has 1 aliphatic rings. The largest absolute Gasteiger partial charge is 0.481 e. The van der Waals surface area contributed by atoms with Gasteiger partial charge in [0.25, 0.3) is 0 Å². The molecule has 1 atom stereocenters. The van der Waals surface area contributed by atoms with E-state index >= 15 is 0 Å². The van der Waals surface area contributed by atoms with Gasteiger partial charge in [-0.3, -0.25) is 14.6 Å². The van der Waals surface area contributed by atoms with Gasteiger partial charge in [0.1, 0.15) is 0 Å². The van der Waals surface area contributed by atoms with Crippen molar-refractivity contribution in [3.8, 4) is 0 Å². The van der Waals surface area contributed by atoms with Crippen LogP contribution in [0.1, 0.15) is 0 Å². The van der Waals surface area contributed by atoms with Gasteiger partial charge < -0.3 is 5.11 Å². The summed E-state index contributed by atoms with van der Waals surface area (Å²) < 4.78 is 73.8. The molecule has 0 spiro atoms. The number of carboxylic acids is 1. The molecule has 10 heteroatoms. The lowest BCUT2D eigenvalue weighted by molar-refractivity contribution is -0.197. The minimum absolute atomic E-state index is 0.0179. The number of alkyl halides is 6. The molecule has 0 aromatic heterocycles. The zero-order chi connectivity index (χ0) is 15.6. The van der Waals surface area contributed by atoms with Crippen molar-refractivity contribution in [2.75, 3.05) is 39.3 Å². The summed E-state index contributed by atoms with van der Waals surface area (Å²) in [6, 6.07) is 0. The van der Waals surface area contributed by atoms with Crippen molar-refractivity contribution >= 4 is 5.97 Å². The smallest absolute Gasteiger partial charge is 0.403 e. The maximum absolute atomic E-state index is 12.5. The van der Waals surface area contributed by atoms with Crippen LogP contribution in [0, 0.1) is 5.92 Å². The highest BCUT2D eigenvalue weighted by Gasteiger charge is 2.46. The van der Waals surface area contributed by atoms with Crippen LogP contribution in [0.25, 0.3) is 0 Å². The molecule has 0 aromatic carbocycles. The van der Waals surface area contributed by atoms with E-state index in [2.05, 4.69) is 0 Å². The first kappa shape index (κ1) is 17.0. The summed E-state index contributed by atoms with van der Waals surface area (Å²) in [6.07, 6.45) is -9.22. The number of carbonyl (C=O) groups is 1. The molecule has 1 rings (SSSR count). The van der Waals surface area contributed by atoms with Crippen LogP contribution in [-0.2, 0) is 4.79 Å². The van der Waals surface area contributed by atoms with Crippen molar-refractivity contribution in [2.24, 2.45) is 5.92 Å². The maximum Gasteiger partial charge on any atom is 0.403 e. The molecule has 1 N–H and O–H groups in total. The number of rotatable bonds is 4. The van der Waals surface area contributed by atoms with E-state index in [0.29, 0.717) is 0 Å². The third kappa shape index (κ3) is 5.53. The highest BCUT2D eigenvalue weighted by atomic mass is 19.4. The van der Waals surface area contributed by atoms with E-state index in [-0.39, 0.29) is 26.2 Å². The maximum atomic E-state index is 12.5. The van der Waals surface area contributed by atoms with E-state index in [4.69, 9.17) is 5.11 Å². The molecule has 4 nitrogen and oxygen atoms in total. The Balaban J connectivity index is 2.47. The topological polar surface area (TPSA) is 43.8 Å². The summed E-state index contributed by atoms with van der Waals surface area (Å²) in [7, 11) is 0. The number of aliphatic carboxylic acids is 1. The molecule has 1 heterocycles. The number of halogens is 6. The number of nitrogens with zero attached hydrogens (tertiary/aromatic N) is 2. The predicted octanol–water partition coefficient (Wildman–Crippen LogP) is 1.43. The Kier molecular flexibility index (Phi) is 5.25. The molecule has 118 valence electrons. The Morgan fingerprint density at radius 2 is 1.45 bits per heavy atom. The lowest BCUT2D eigenvalue weighted by atomic mass is 10.1. The normalized spacial score (nSPS) is 20.9. The van der Waals surface area contributed by atoms with Crippen molar-refractivity contribution in [3.05, 3.63) is 0 Å². The zero-order valence-electron chi connectivity index (χ0n) is 10.3. The van der Waals surface area contributed by atoms with Crippen LogP contribution in [0.15, 0.2) is 0 Å². The molecule has 0 amide bonds. The second-order valence-electron chi connectivity index (χ2n) is 4.62. The molecule has 0 radical (unpaired) electrons. The average molecular weight is 308 g/mol. The van der Waals surface area contributed by atoms with Crippen LogP contribution in [0.3, 0.4) is 0 Å². The van der Waals surface area contributed by atoms with E-state index < -0.39 is 37.3 Å². The third-order valence-corrected chi connectivity index (χ3v) is 3.00. The standard InChI is InChI=1S/C10H14F6N2O2/c11-9(12,13)6-18-3-1-17(2-4-18)5-7(8(19)20)10(14,15)16/h7H,1-6H2,(H,19,20). The fourth-order valence-corrected chi connectivity index (χ4v) is 1.96. The lowest BCUT2D eigenvalue weighted by Crippen LogP contribution is -2.52. The Hall–Kier alpha value is -1.03. The molecular formula is C10H14F6N2O2. The van der Waals surface area contributed by atoms with Crippen LogP contribution in [0.4, 0.5) is 26.3 Å². The first-order chi connectivity index (χ1) is 8.99. The fraction of sp³-hybridized carbons (Fsp3) is 0.900. The average Bonchev–Trinajstić information content (AvgIpc) is 2.23. The Morgan fingerprint density at radius 1 is 1.00 bits per heavy atom. The van der Waals surface area contributed by atoms with Crippen molar-refractivity contribution in [3.63, 3.8) is 0 Å². The van der Waals surface area contributed by atoms with Gasteiger partial charge in [0.15, 0.2) is 5.92 Å². The zero-order valence-corrected chi connectivity index (χ0v) is 10.3. The fourth-order valence-electron chi connectivity index (χ4n) is 1.96. The van der Waals surface area contributed by atoms with Gasteiger partial charge in [-0.1, -0.05) is 0 Å². The summed E-state index contributed by atoms with van der Waals surface area (Å²) in [5.74, 6) is -4.49. The van der Waals surface area contributed by atoms with Crippen molar-refractivity contribution in [1.82, 2.24) is 9.80 Å². The van der Waals surface area contributed by atoms with Gasteiger partial charge in [-0.05, 0) is 0 Å². The molecule has 1 fully saturated rings. The van der Waals surface area contributed by atoms with Crippen LogP contribution < -0.4 is 0 Å². The van der Waals surface area contributed by atoms with Crippen LogP contribution in [0.5, 0.6) is 0 Å². The SMILES string of the molecule is O=C(O)C(CN1CCN(CC(F)(F)F)CC1)C(F)(F)F. The van der Waals surface area contributed by atoms with Crippen molar-refractivity contribution in [1.29, 1.82) is 0 Å². The van der Waals surface area contributed by atoms with Gasteiger partial charge in [-0.15, -0.1) is 0 Å². The van der Waals surface area contributed by atoms with Crippen molar-refractivity contribution < 1.29 is 36.2 Å². The van der Waals surface area contributed by atoms with Gasteiger partial charge >= 0.3 is 18.3 Å². The highest BCUT2D eigenvalue weighted by molar-refractivity contribution is 5.71. The number of carboxylic acid groups (broad SMARTS) is 1. The van der Waals surface area contributed by atoms with Gasteiger partial charge in [0, 0.05) is 32.7 Å². The quantitative estimate of drug-likeness (QED) is 0.798. The van der Waals surface area contributed by atoms with E-state index in [9.17, 15) is 31.1 Å². The van der Waals surface area contributed by atoms with Gasteiger partial charge in [0.05, 0.1) is 6.54 Å². The highest BCUT2D eigenvalue weighted by Crippen LogP contribution is 2.27. The summed E-state index contributed by atoms with van der Waals surface area (Å²) in [4.78, 5) is 12.9. The minimum atomic E-state index is -4.87. The summed E-state index contributed by atoms with van der Waals surface area (Å²) >= 11 is 0. The Morgan fingerprint density at radius 3 is 1.80 bits per heavy atom. The number of hydrogen-bond acceptors (Lipinski definition) is 3. The minimum Gasteiger partial charge on any atom is -0.481 e. The van der Waals surface area contributed by atoms with Gasteiger partial charge in [0.2, 0.25) is 0 Å². The second-order valence-corrected chi connectivity index (χ2v) is 4.62. The van der Waals surface area contributed by atoms with E-state index in [1.165, 1.54) is 4.90 Å². The Bertz CT molecular complexity index is 336. The summed E-state index contributed by atoms with van der Waals surface area (Å²) in [5.41, 5.74) is 0. The lowest BCUT2D eigenvalue weighted by Gasteiger charge is -2.36. The van der Waals surface area contributed by atoms with E-state index in [1.54, 1.807) is 0 Å². The molecule has 0 aromatic rings. The molecular weight excluding hydrogens is 294 g/mol. The molecule has 0 saturated carbocycles. The Labute approximate surface area is 110 Å². The first-order valence-corrected chi connectivity index (χ1v) is 5.80. The molecule has 1 saturated heterocycles. The van der Waals surface area contributed by atoms with E-state index in [0.717, 1.165) is 4.90 Å². The molecule has 20 heavy (non-hydrogen) atoms. The second kappa shape index (κ2) is 6.17. The van der Waals surface area contributed by atoms with Crippen LogP contribution >= 0.6 is 0 Å². The van der Waals surface area contributed by atoms with Gasteiger partial charge in [-0.25, -0.2) is 0 Å². The summed E-state index contributed by atoms with van der Waals surface area (Å²) in [5, 5.41) is 8.54. The third-order valence-electron chi connectivity index (χ3n) is 3.00. The molecule has 0 bridgehead atoms. The van der Waals surface area contributed by atoms with Crippen LogP contribution in [0.2, 0.25) is 0 Å². The molecule has 0 aliphatic carbocycles. The number of hydrogen-bond donors (Lipinski definition) is 1. The molecule has 1 unspecified atom stereocenters. The summed E-state index contributed by atoms with van der Waals surface area (Å²) in [6.45, 7) is -1.96. The number of piperazine rings is 1. The first-order valence-electron chi connectivity index (χ1n) is 5.80.